The Hall–Kier alpha value is -2.25. The molecule has 0 aliphatic carbocycles. The zero-order valence-corrected chi connectivity index (χ0v) is 10.7. The number of carboxylic acid groups (broad SMARTS) is 1. The van der Waals surface area contributed by atoms with E-state index in [0.717, 1.165) is 6.20 Å². The van der Waals surface area contributed by atoms with E-state index in [9.17, 15) is 14.9 Å². The lowest BCUT2D eigenvalue weighted by atomic mass is 9.90. The molecule has 1 atom stereocenters. The minimum absolute atomic E-state index is 0.135. The minimum Gasteiger partial charge on any atom is -0.481 e. The number of carboxylic acids is 1. The normalized spacial score (nSPS) is 22.5. The Bertz CT molecular complexity index is 547. The topological polar surface area (TPSA) is 109 Å². The van der Waals surface area contributed by atoms with Crippen molar-refractivity contribution in [1.29, 1.82) is 0 Å². The standard InChI is InChI=1S/C11H14N4O4/c1-7-8(15(18)19)5-12-10(13-7)14-4-3-11(2,6-14)9(16)17/h5H,3-4,6H2,1-2H3,(H,16,17). The van der Waals surface area contributed by atoms with Gasteiger partial charge in [0.2, 0.25) is 5.95 Å². The molecule has 0 saturated carbocycles. The quantitative estimate of drug-likeness (QED) is 0.641. The predicted octanol–water partition coefficient (Wildman–Crippen LogP) is 0.994. The maximum atomic E-state index is 11.2. The molecule has 2 rings (SSSR count). The van der Waals surface area contributed by atoms with E-state index in [-0.39, 0.29) is 11.4 Å². The zero-order valence-electron chi connectivity index (χ0n) is 10.7. The molecule has 102 valence electrons. The van der Waals surface area contributed by atoms with E-state index in [1.165, 1.54) is 6.92 Å². The van der Waals surface area contributed by atoms with Crippen molar-refractivity contribution < 1.29 is 14.8 Å². The molecule has 0 aromatic carbocycles. The molecule has 1 fully saturated rings. The first-order chi connectivity index (χ1) is 8.83. The van der Waals surface area contributed by atoms with E-state index < -0.39 is 16.3 Å². The van der Waals surface area contributed by atoms with Gasteiger partial charge >= 0.3 is 11.7 Å². The Morgan fingerprint density at radius 1 is 1.63 bits per heavy atom. The van der Waals surface area contributed by atoms with Crippen LogP contribution in [0.1, 0.15) is 19.0 Å². The Morgan fingerprint density at radius 2 is 2.32 bits per heavy atom. The molecular formula is C11H14N4O4. The maximum Gasteiger partial charge on any atom is 0.311 e. The summed E-state index contributed by atoms with van der Waals surface area (Å²) in [7, 11) is 0. The van der Waals surface area contributed by atoms with Crippen LogP contribution < -0.4 is 4.90 Å². The molecule has 1 N–H and O–H groups in total. The van der Waals surface area contributed by atoms with Crippen molar-refractivity contribution >= 4 is 17.6 Å². The van der Waals surface area contributed by atoms with Crippen molar-refractivity contribution in [1.82, 2.24) is 9.97 Å². The number of aromatic nitrogens is 2. The summed E-state index contributed by atoms with van der Waals surface area (Å²) < 4.78 is 0. The summed E-state index contributed by atoms with van der Waals surface area (Å²) in [6.07, 6.45) is 1.66. The van der Waals surface area contributed by atoms with E-state index in [1.54, 1.807) is 11.8 Å². The number of rotatable bonds is 3. The van der Waals surface area contributed by atoms with Crippen LogP contribution in [0.2, 0.25) is 0 Å². The summed E-state index contributed by atoms with van der Waals surface area (Å²) >= 11 is 0. The number of nitrogens with zero attached hydrogens (tertiary/aromatic N) is 4. The molecule has 1 aromatic heterocycles. The zero-order chi connectivity index (χ0) is 14.2. The monoisotopic (exact) mass is 266 g/mol. The Kier molecular flexibility index (Phi) is 3.09. The van der Waals surface area contributed by atoms with Crippen molar-refractivity contribution in [3.63, 3.8) is 0 Å². The van der Waals surface area contributed by atoms with E-state index in [0.29, 0.717) is 25.5 Å². The van der Waals surface area contributed by atoms with Crippen molar-refractivity contribution in [2.24, 2.45) is 5.41 Å². The van der Waals surface area contributed by atoms with Gasteiger partial charge in [0.05, 0.1) is 10.3 Å². The van der Waals surface area contributed by atoms with Gasteiger partial charge in [-0.25, -0.2) is 9.97 Å². The fourth-order valence-corrected chi connectivity index (χ4v) is 2.09. The Labute approximate surface area is 109 Å². The summed E-state index contributed by atoms with van der Waals surface area (Å²) in [5, 5.41) is 19.8. The third kappa shape index (κ3) is 2.33. The maximum absolute atomic E-state index is 11.2. The molecule has 8 nitrogen and oxygen atoms in total. The lowest BCUT2D eigenvalue weighted by Crippen LogP contribution is -2.32. The summed E-state index contributed by atoms with van der Waals surface area (Å²) in [6, 6.07) is 0. The molecule has 2 heterocycles. The summed E-state index contributed by atoms with van der Waals surface area (Å²) in [4.78, 5) is 31.1. The van der Waals surface area contributed by atoms with Crippen molar-refractivity contribution in [2.45, 2.75) is 20.3 Å². The molecule has 8 heteroatoms. The highest BCUT2D eigenvalue weighted by atomic mass is 16.6. The second-order valence-electron chi connectivity index (χ2n) is 4.94. The largest absolute Gasteiger partial charge is 0.481 e. The Balaban J connectivity index is 2.23. The van der Waals surface area contributed by atoms with Gasteiger partial charge < -0.3 is 10.0 Å². The third-order valence-electron chi connectivity index (χ3n) is 3.41. The van der Waals surface area contributed by atoms with Crippen LogP contribution in [0, 0.1) is 22.5 Å². The smallest absolute Gasteiger partial charge is 0.311 e. The molecule has 19 heavy (non-hydrogen) atoms. The molecule has 0 spiro atoms. The van der Waals surface area contributed by atoms with Crippen molar-refractivity contribution in [2.75, 3.05) is 18.0 Å². The number of hydrogen-bond acceptors (Lipinski definition) is 6. The second-order valence-corrected chi connectivity index (χ2v) is 4.94. The van der Waals surface area contributed by atoms with Crippen LogP contribution in [0.4, 0.5) is 11.6 Å². The van der Waals surface area contributed by atoms with E-state index in [2.05, 4.69) is 9.97 Å². The molecule has 0 bridgehead atoms. The van der Waals surface area contributed by atoms with Gasteiger partial charge in [0.15, 0.2) is 0 Å². The Morgan fingerprint density at radius 3 is 2.79 bits per heavy atom. The number of nitro groups is 1. The number of carbonyl (C=O) groups is 1. The molecule has 1 aromatic rings. The number of aryl methyl sites for hydroxylation is 1. The third-order valence-corrected chi connectivity index (χ3v) is 3.41. The van der Waals surface area contributed by atoms with E-state index in [4.69, 9.17) is 5.11 Å². The van der Waals surface area contributed by atoms with Gasteiger partial charge in [0.1, 0.15) is 11.9 Å². The summed E-state index contributed by atoms with van der Waals surface area (Å²) in [5.41, 5.74) is -0.679. The van der Waals surface area contributed by atoms with Gasteiger partial charge in [-0.05, 0) is 20.3 Å². The van der Waals surface area contributed by atoms with Crippen LogP contribution >= 0.6 is 0 Å². The molecule has 1 unspecified atom stereocenters. The van der Waals surface area contributed by atoms with Crippen molar-refractivity contribution in [3.05, 3.63) is 22.0 Å². The van der Waals surface area contributed by atoms with Crippen LogP contribution in [0.15, 0.2) is 6.20 Å². The number of aliphatic carboxylic acids is 1. The van der Waals surface area contributed by atoms with Gasteiger partial charge in [-0.2, -0.15) is 0 Å². The fourth-order valence-electron chi connectivity index (χ4n) is 2.09. The van der Waals surface area contributed by atoms with Gasteiger partial charge in [-0.1, -0.05) is 0 Å². The molecule has 1 saturated heterocycles. The molecule has 0 radical (unpaired) electrons. The number of hydrogen-bond donors (Lipinski definition) is 1. The first-order valence-corrected chi connectivity index (χ1v) is 5.80. The van der Waals surface area contributed by atoms with Gasteiger partial charge in [-0.15, -0.1) is 0 Å². The second kappa shape index (κ2) is 4.45. The molecule has 1 aliphatic heterocycles. The van der Waals surface area contributed by atoms with Crippen LogP contribution in [-0.4, -0.2) is 39.1 Å². The SMILES string of the molecule is Cc1nc(N2CCC(C)(C(=O)O)C2)ncc1[N+](=O)[O-]. The highest BCUT2D eigenvalue weighted by Crippen LogP contribution is 2.32. The average molecular weight is 266 g/mol. The van der Waals surface area contributed by atoms with E-state index >= 15 is 0 Å². The van der Waals surface area contributed by atoms with Crippen LogP contribution in [0.25, 0.3) is 0 Å². The fraction of sp³-hybridized carbons (Fsp3) is 0.545. The predicted molar refractivity (Wildman–Crippen MR) is 66.0 cm³/mol. The highest BCUT2D eigenvalue weighted by molar-refractivity contribution is 5.76. The minimum atomic E-state index is -0.853. The number of anilines is 1. The van der Waals surface area contributed by atoms with Crippen LogP contribution in [0.5, 0.6) is 0 Å². The summed E-state index contributed by atoms with van der Waals surface area (Å²) in [6.45, 7) is 4.04. The highest BCUT2D eigenvalue weighted by Gasteiger charge is 2.41. The van der Waals surface area contributed by atoms with E-state index in [1.807, 2.05) is 0 Å². The molecule has 1 aliphatic rings. The van der Waals surface area contributed by atoms with Gasteiger partial charge in [-0.3, -0.25) is 14.9 Å². The lowest BCUT2D eigenvalue weighted by molar-refractivity contribution is -0.386. The van der Waals surface area contributed by atoms with Crippen LogP contribution in [-0.2, 0) is 4.79 Å². The summed E-state index contributed by atoms with van der Waals surface area (Å²) in [5.74, 6) is -0.512. The molecule has 0 amide bonds. The first-order valence-electron chi connectivity index (χ1n) is 5.80. The van der Waals surface area contributed by atoms with Gasteiger partial charge in [0, 0.05) is 13.1 Å². The van der Waals surface area contributed by atoms with Crippen molar-refractivity contribution in [3.8, 4) is 0 Å². The molecular weight excluding hydrogens is 252 g/mol. The van der Waals surface area contributed by atoms with Crippen LogP contribution in [0.3, 0.4) is 0 Å². The average Bonchev–Trinajstić information content (AvgIpc) is 2.73. The van der Waals surface area contributed by atoms with Gasteiger partial charge in [0.25, 0.3) is 0 Å². The lowest BCUT2D eigenvalue weighted by Gasteiger charge is -2.20. The first kappa shape index (κ1) is 13.2.